The van der Waals surface area contributed by atoms with Gasteiger partial charge < -0.3 is 10.0 Å². The highest BCUT2D eigenvalue weighted by atomic mass is 16.4. The lowest BCUT2D eigenvalue weighted by atomic mass is 9.86. The van der Waals surface area contributed by atoms with Crippen molar-refractivity contribution in [2.45, 2.75) is 65.3 Å². The van der Waals surface area contributed by atoms with Crippen molar-refractivity contribution in [1.82, 2.24) is 19.7 Å². The Hall–Kier alpha value is -2.44. The Labute approximate surface area is 171 Å². The smallest absolute Gasteiger partial charge is 0.306 e. The standard InChI is InChI=1S/C22H30N4O3/c1-12-11-25(9-8-15(12)21(28)29)20(27)16-10-17(14-6-7-14)23-19-18(16)13(2)24-26(19)22(3,4)5/h10,12,14-15H,6-9,11H2,1-5H3,(H,28,29). The normalized spacial score (nSPS) is 22.9. The summed E-state index contributed by atoms with van der Waals surface area (Å²) in [7, 11) is 0. The second-order valence-corrected chi connectivity index (χ2v) is 9.70. The fraction of sp³-hybridized carbons (Fsp3) is 0.636. The molecule has 4 rings (SSSR count). The predicted molar refractivity (Wildman–Crippen MR) is 110 cm³/mol. The van der Waals surface area contributed by atoms with E-state index in [4.69, 9.17) is 10.1 Å². The summed E-state index contributed by atoms with van der Waals surface area (Å²) in [5, 5.41) is 14.9. The number of hydrogen-bond donors (Lipinski definition) is 1. The molecule has 2 aliphatic rings. The molecular weight excluding hydrogens is 368 g/mol. The van der Waals surface area contributed by atoms with Crippen LogP contribution in [0.5, 0.6) is 0 Å². The Morgan fingerprint density at radius 2 is 1.90 bits per heavy atom. The largest absolute Gasteiger partial charge is 0.481 e. The molecule has 2 aromatic rings. The van der Waals surface area contributed by atoms with Crippen molar-refractivity contribution in [3.05, 3.63) is 23.0 Å². The van der Waals surface area contributed by atoms with Gasteiger partial charge in [0.15, 0.2) is 5.65 Å². The molecule has 2 atom stereocenters. The molecule has 2 aromatic heterocycles. The van der Waals surface area contributed by atoms with Gasteiger partial charge in [0.25, 0.3) is 5.91 Å². The van der Waals surface area contributed by atoms with Gasteiger partial charge >= 0.3 is 5.97 Å². The summed E-state index contributed by atoms with van der Waals surface area (Å²) < 4.78 is 1.93. The lowest BCUT2D eigenvalue weighted by molar-refractivity contribution is -0.145. The van der Waals surface area contributed by atoms with Crippen LogP contribution in [0.4, 0.5) is 0 Å². The fourth-order valence-electron chi connectivity index (χ4n) is 4.40. The zero-order chi connectivity index (χ0) is 21.1. The third-order valence-electron chi connectivity index (χ3n) is 6.20. The molecule has 1 amide bonds. The maximum atomic E-state index is 13.6. The van der Waals surface area contributed by atoms with Crippen LogP contribution in [0.25, 0.3) is 11.0 Å². The Morgan fingerprint density at radius 3 is 2.45 bits per heavy atom. The summed E-state index contributed by atoms with van der Waals surface area (Å²) in [6.45, 7) is 11.0. The van der Waals surface area contributed by atoms with E-state index in [0.717, 1.165) is 35.3 Å². The molecule has 0 spiro atoms. The highest BCUT2D eigenvalue weighted by Crippen LogP contribution is 2.41. The van der Waals surface area contributed by atoms with Crippen molar-refractivity contribution in [2.24, 2.45) is 11.8 Å². The maximum absolute atomic E-state index is 13.6. The number of amides is 1. The van der Waals surface area contributed by atoms with E-state index in [1.165, 1.54) is 0 Å². The van der Waals surface area contributed by atoms with Crippen molar-refractivity contribution in [3.63, 3.8) is 0 Å². The van der Waals surface area contributed by atoms with Crippen molar-refractivity contribution in [3.8, 4) is 0 Å². The van der Waals surface area contributed by atoms with Crippen LogP contribution in [-0.4, -0.2) is 49.7 Å². The second-order valence-electron chi connectivity index (χ2n) is 9.70. The Balaban J connectivity index is 1.78. The minimum atomic E-state index is -0.769. The first-order valence-corrected chi connectivity index (χ1v) is 10.5. The molecule has 1 saturated heterocycles. The molecular formula is C22H30N4O3. The van der Waals surface area contributed by atoms with Crippen LogP contribution in [0, 0.1) is 18.8 Å². The van der Waals surface area contributed by atoms with Crippen LogP contribution >= 0.6 is 0 Å². The van der Waals surface area contributed by atoms with Gasteiger partial charge in [-0.3, -0.25) is 9.59 Å². The van der Waals surface area contributed by atoms with E-state index in [2.05, 4.69) is 20.8 Å². The number of pyridine rings is 1. The number of carbonyl (C=O) groups is 2. The summed E-state index contributed by atoms with van der Waals surface area (Å²) in [5.74, 6) is -0.834. The van der Waals surface area contributed by atoms with Crippen LogP contribution in [0.1, 0.15) is 74.6 Å². The van der Waals surface area contributed by atoms with E-state index in [9.17, 15) is 14.7 Å². The van der Waals surface area contributed by atoms with Gasteiger partial charge in [-0.2, -0.15) is 5.10 Å². The number of carboxylic acid groups (broad SMARTS) is 1. The molecule has 7 heteroatoms. The maximum Gasteiger partial charge on any atom is 0.306 e. The molecule has 2 fully saturated rings. The van der Waals surface area contributed by atoms with Crippen molar-refractivity contribution in [2.75, 3.05) is 13.1 Å². The summed E-state index contributed by atoms with van der Waals surface area (Å²) >= 11 is 0. The van der Waals surface area contributed by atoms with Gasteiger partial charge in [-0.05, 0) is 58.9 Å². The second kappa shape index (κ2) is 6.82. The highest BCUT2D eigenvalue weighted by Gasteiger charge is 2.36. The molecule has 156 valence electrons. The van der Waals surface area contributed by atoms with Crippen molar-refractivity contribution in [1.29, 1.82) is 0 Å². The number of hydrogen-bond acceptors (Lipinski definition) is 4. The first-order valence-electron chi connectivity index (χ1n) is 10.5. The number of aromatic nitrogens is 3. The van der Waals surface area contributed by atoms with Crippen LogP contribution in [0.15, 0.2) is 6.07 Å². The van der Waals surface area contributed by atoms with Gasteiger partial charge in [-0.1, -0.05) is 6.92 Å². The van der Waals surface area contributed by atoms with Gasteiger partial charge in [0.1, 0.15) is 0 Å². The molecule has 1 aliphatic heterocycles. The quantitative estimate of drug-likeness (QED) is 0.854. The number of fused-ring (bicyclic) bond motifs is 1. The van der Waals surface area contributed by atoms with Crippen LogP contribution in [0.3, 0.4) is 0 Å². The van der Waals surface area contributed by atoms with Gasteiger partial charge in [0.05, 0.1) is 28.1 Å². The molecule has 7 nitrogen and oxygen atoms in total. The average molecular weight is 399 g/mol. The molecule has 3 heterocycles. The molecule has 29 heavy (non-hydrogen) atoms. The minimum Gasteiger partial charge on any atom is -0.481 e. The van der Waals surface area contributed by atoms with Crippen LogP contribution < -0.4 is 0 Å². The summed E-state index contributed by atoms with van der Waals surface area (Å²) in [6.07, 6.45) is 2.71. The minimum absolute atomic E-state index is 0.0356. The number of carboxylic acids is 1. The number of rotatable bonds is 3. The summed E-state index contributed by atoms with van der Waals surface area (Å²) in [5.41, 5.74) is 2.97. The number of carbonyl (C=O) groups excluding carboxylic acids is 1. The summed E-state index contributed by atoms with van der Waals surface area (Å²) in [6, 6.07) is 1.96. The molecule has 1 saturated carbocycles. The van der Waals surface area contributed by atoms with Gasteiger partial charge in [-0.25, -0.2) is 9.67 Å². The molecule has 1 aliphatic carbocycles. The van der Waals surface area contributed by atoms with Gasteiger partial charge in [0, 0.05) is 24.7 Å². The number of aliphatic carboxylic acids is 1. The number of likely N-dealkylation sites (tertiary alicyclic amines) is 1. The van der Waals surface area contributed by atoms with E-state index < -0.39 is 5.97 Å². The molecule has 0 bridgehead atoms. The lowest BCUT2D eigenvalue weighted by Crippen LogP contribution is -2.45. The molecule has 0 radical (unpaired) electrons. The Morgan fingerprint density at radius 1 is 1.21 bits per heavy atom. The third kappa shape index (κ3) is 3.51. The molecule has 1 N–H and O–H groups in total. The van der Waals surface area contributed by atoms with E-state index in [0.29, 0.717) is 31.0 Å². The molecule has 0 aromatic carbocycles. The summed E-state index contributed by atoms with van der Waals surface area (Å²) in [4.78, 5) is 31.7. The van der Waals surface area contributed by atoms with Gasteiger partial charge in [0.2, 0.25) is 0 Å². The van der Waals surface area contributed by atoms with E-state index in [-0.39, 0.29) is 23.3 Å². The SMILES string of the molecule is Cc1nn(C(C)(C)C)c2nc(C3CC3)cc(C(=O)N3CCC(C(=O)O)C(C)C3)c12. The molecule has 2 unspecified atom stereocenters. The predicted octanol–water partition coefficient (Wildman–Crippen LogP) is 3.55. The van der Waals surface area contributed by atoms with Crippen LogP contribution in [0.2, 0.25) is 0 Å². The zero-order valence-corrected chi connectivity index (χ0v) is 17.9. The van der Waals surface area contributed by atoms with Crippen LogP contribution in [-0.2, 0) is 10.3 Å². The first kappa shape index (κ1) is 19.9. The van der Waals surface area contributed by atoms with E-state index in [1.54, 1.807) is 0 Å². The lowest BCUT2D eigenvalue weighted by Gasteiger charge is -2.35. The fourth-order valence-corrected chi connectivity index (χ4v) is 4.40. The number of piperidine rings is 1. The van der Waals surface area contributed by atoms with Crippen molar-refractivity contribution < 1.29 is 14.7 Å². The van der Waals surface area contributed by atoms with E-state index >= 15 is 0 Å². The topological polar surface area (TPSA) is 88.3 Å². The monoisotopic (exact) mass is 398 g/mol. The average Bonchev–Trinajstić information content (AvgIpc) is 3.43. The van der Waals surface area contributed by atoms with Crippen molar-refractivity contribution >= 4 is 22.9 Å². The van der Waals surface area contributed by atoms with Gasteiger partial charge in [-0.15, -0.1) is 0 Å². The zero-order valence-electron chi connectivity index (χ0n) is 17.9. The number of aryl methyl sites for hydroxylation is 1. The Bertz CT molecular complexity index is 984. The Kier molecular flexibility index (Phi) is 4.67. The highest BCUT2D eigenvalue weighted by molar-refractivity contribution is 6.06. The third-order valence-corrected chi connectivity index (χ3v) is 6.20. The first-order chi connectivity index (χ1) is 13.6. The number of nitrogens with zero attached hydrogens (tertiary/aromatic N) is 4. The van der Waals surface area contributed by atoms with E-state index in [1.807, 2.05) is 29.5 Å².